The molecule has 2 aliphatic rings. The van der Waals surface area contributed by atoms with E-state index in [1.165, 1.54) is 22.6 Å². The number of nitrogens with zero attached hydrogens (tertiary/aromatic N) is 4. The molecule has 1 amide bonds. The molecule has 168 valence electrons. The highest BCUT2D eigenvalue weighted by Crippen LogP contribution is 2.39. The Hall–Kier alpha value is -3.72. The molecule has 0 bridgehead atoms. The Labute approximate surface area is 188 Å². The lowest BCUT2D eigenvalue weighted by molar-refractivity contribution is 0.0704. The van der Waals surface area contributed by atoms with Crippen LogP contribution in [-0.2, 0) is 4.74 Å². The standard InChI is InChI=1S/C24H22FN5O3/c1-29(21-11-33-22-6-13(2-3-15(21)22)14-4-5-32-10-14)24(31)16-7-19-18(8-17(16)25)28-23(26)20-9-27-12-30(19)20/h2-3,6-9,12,14,21H,4-5,10-11H2,1H3,(H2,26,28)/t14-,21+/m0/s1. The third kappa shape index (κ3) is 3.11. The molecule has 0 radical (unpaired) electrons. The summed E-state index contributed by atoms with van der Waals surface area (Å²) in [6, 6.07) is 8.54. The molecule has 0 saturated carbocycles. The monoisotopic (exact) mass is 447 g/mol. The lowest BCUT2D eigenvalue weighted by Gasteiger charge is -2.24. The van der Waals surface area contributed by atoms with Crippen LogP contribution in [0.15, 0.2) is 42.9 Å². The topological polar surface area (TPSA) is 95.0 Å². The number of hydrogen-bond acceptors (Lipinski definition) is 6. The van der Waals surface area contributed by atoms with Gasteiger partial charge in [-0.15, -0.1) is 0 Å². The molecule has 0 aliphatic carbocycles. The number of carbonyl (C=O) groups is 1. The Morgan fingerprint density at radius 3 is 2.94 bits per heavy atom. The van der Waals surface area contributed by atoms with Gasteiger partial charge in [-0.1, -0.05) is 12.1 Å². The maximum atomic E-state index is 15.0. The Morgan fingerprint density at radius 1 is 1.24 bits per heavy atom. The van der Waals surface area contributed by atoms with Gasteiger partial charge in [0.05, 0.1) is 41.8 Å². The number of nitrogen functional groups attached to an aromatic ring is 1. The predicted octanol–water partition coefficient (Wildman–Crippen LogP) is 3.31. The summed E-state index contributed by atoms with van der Waals surface area (Å²) < 4.78 is 28.1. The minimum atomic E-state index is -0.651. The van der Waals surface area contributed by atoms with E-state index >= 15 is 4.39 Å². The predicted molar refractivity (Wildman–Crippen MR) is 120 cm³/mol. The molecule has 2 atom stereocenters. The summed E-state index contributed by atoms with van der Waals surface area (Å²) in [4.78, 5) is 23.2. The molecule has 33 heavy (non-hydrogen) atoms. The van der Waals surface area contributed by atoms with Crippen molar-refractivity contribution in [2.45, 2.75) is 18.4 Å². The maximum absolute atomic E-state index is 15.0. The average molecular weight is 447 g/mol. The normalized spacial score (nSPS) is 19.7. The summed E-state index contributed by atoms with van der Waals surface area (Å²) in [5, 5.41) is 0. The number of amides is 1. The molecule has 1 saturated heterocycles. The number of carbonyl (C=O) groups excluding carboxylic acids is 1. The molecule has 2 N–H and O–H groups in total. The summed E-state index contributed by atoms with van der Waals surface area (Å²) in [6.07, 6.45) is 4.14. The molecule has 8 nitrogen and oxygen atoms in total. The lowest BCUT2D eigenvalue weighted by atomic mass is 9.95. The van der Waals surface area contributed by atoms with E-state index in [2.05, 4.69) is 16.0 Å². The highest BCUT2D eigenvalue weighted by atomic mass is 19.1. The van der Waals surface area contributed by atoms with Crippen LogP contribution in [-0.4, -0.2) is 52.0 Å². The van der Waals surface area contributed by atoms with Crippen LogP contribution in [0.25, 0.3) is 16.6 Å². The first-order chi connectivity index (χ1) is 16.0. The van der Waals surface area contributed by atoms with Crippen LogP contribution in [0.2, 0.25) is 0 Å². The fourth-order valence-corrected chi connectivity index (χ4v) is 4.77. The number of nitrogens with two attached hydrogens (primary N) is 1. The zero-order valence-corrected chi connectivity index (χ0v) is 18.0. The molecule has 4 aromatic rings. The fraction of sp³-hybridized carbons (Fsp3) is 0.292. The van der Waals surface area contributed by atoms with Gasteiger partial charge in [0.25, 0.3) is 5.91 Å². The van der Waals surface area contributed by atoms with Crippen LogP contribution in [0.4, 0.5) is 10.2 Å². The minimum Gasteiger partial charge on any atom is -0.491 e. The van der Waals surface area contributed by atoms with E-state index in [-0.39, 0.29) is 17.4 Å². The summed E-state index contributed by atoms with van der Waals surface area (Å²) >= 11 is 0. The van der Waals surface area contributed by atoms with Gasteiger partial charge in [-0.25, -0.2) is 14.4 Å². The van der Waals surface area contributed by atoms with Gasteiger partial charge in [-0.2, -0.15) is 0 Å². The van der Waals surface area contributed by atoms with Gasteiger partial charge in [0.1, 0.15) is 29.5 Å². The van der Waals surface area contributed by atoms with E-state index in [1.807, 2.05) is 12.1 Å². The van der Waals surface area contributed by atoms with Gasteiger partial charge in [0.15, 0.2) is 0 Å². The van der Waals surface area contributed by atoms with Crippen molar-refractivity contribution in [1.29, 1.82) is 0 Å². The van der Waals surface area contributed by atoms with Gasteiger partial charge >= 0.3 is 0 Å². The SMILES string of the molecule is CN(C(=O)c1cc2c(cc1F)nc(N)c1cncn12)[C@@H]1COc2cc([C@H]3CCOC3)ccc21. The van der Waals surface area contributed by atoms with E-state index in [0.717, 1.165) is 24.3 Å². The molecule has 6 rings (SSSR count). The molecule has 4 heterocycles. The molecule has 2 aromatic carbocycles. The molecule has 1 fully saturated rings. The molecule has 9 heteroatoms. The van der Waals surface area contributed by atoms with Crippen LogP contribution in [0.1, 0.15) is 39.9 Å². The molecule has 2 aromatic heterocycles. The van der Waals surface area contributed by atoms with Crippen LogP contribution in [0.5, 0.6) is 5.75 Å². The summed E-state index contributed by atoms with van der Waals surface area (Å²) in [5.41, 5.74) is 9.52. The van der Waals surface area contributed by atoms with Crippen molar-refractivity contribution < 1.29 is 18.7 Å². The van der Waals surface area contributed by atoms with Gasteiger partial charge < -0.3 is 20.1 Å². The van der Waals surface area contributed by atoms with E-state index in [9.17, 15) is 4.79 Å². The van der Waals surface area contributed by atoms with E-state index in [1.54, 1.807) is 24.0 Å². The molecule has 0 spiro atoms. The van der Waals surface area contributed by atoms with Crippen molar-refractivity contribution in [3.63, 3.8) is 0 Å². The second kappa shape index (κ2) is 7.41. The fourth-order valence-electron chi connectivity index (χ4n) is 4.77. The van der Waals surface area contributed by atoms with Gasteiger partial charge in [0.2, 0.25) is 0 Å². The zero-order chi connectivity index (χ0) is 22.7. The largest absolute Gasteiger partial charge is 0.491 e. The smallest absolute Gasteiger partial charge is 0.257 e. The summed E-state index contributed by atoms with van der Waals surface area (Å²) in [7, 11) is 1.67. The van der Waals surface area contributed by atoms with Gasteiger partial charge in [-0.3, -0.25) is 9.20 Å². The number of fused-ring (bicyclic) bond motifs is 4. The summed E-state index contributed by atoms with van der Waals surface area (Å²) in [6.45, 7) is 1.81. The number of likely N-dealkylation sites (N-methyl/N-ethyl adjacent to an activating group) is 1. The van der Waals surface area contributed by atoms with E-state index in [0.29, 0.717) is 35.7 Å². The molecule has 2 aliphatic heterocycles. The third-order valence-corrected chi connectivity index (χ3v) is 6.68. The molecule has 0 unspecified atom stereocenters. The Kier molecular flexibility index (Phi) is 4.48. The number of imidazole rings is 1. The average Bonchev–Trinajstić information content (AvgIpc) is 3.58. The number of anilines is 1. The molecular formula is C24H22FN5O3. The third-order valence-electron chi connectivity index (χ3n) is 6.68. The van der Waals surface area contributed by atoms with Crippen molar-refractivity contribution in [3.05, 3.63) is 65.4 Å². The van der Waals surface area contributed by atoms with Crippen molar-refractivity contribution >= 4 is 28.3 Å². The van der Waals surface area contributed by atoms with Crippen molar-refractivity contribution in [2.75, 3.05) is 32.6 Å². The second-order valence-electron chi connectivity index (χ2n) is 8.57. The van der Waals surface area contributed by atoms with Gasteiger partial charge in [0, 0.05) is 31.2 Å². The Morgan fingerprint density at radius 2 is 2.12 bits per heavy atom. The van der Waals surface area contributed by atoms with Gasteiger partial charge in [-0.05, 0) is 24.1 Å². The first kappa shape index (κ1) is 19.9. The number of benzene rings is 2. The van der Waals surface area contributed by atoms with Crippen molar-refractivity contribution in [1.82, 2.24) is 19.3 Å². The van der Waals surface area contributed by atoms with Crippen LogP contribution in [0.3, 0.4) is 0 Å². The van der Waals surface area contributed by atoms with Crippen molar-refractivity contribution in [2.24, 2.45) is 0 Å². The zero-order valence-electron chi connectivity index (χ0n) is 18.0. The van der Waals surface area contributed by atoms with Crippen LogP contribution < -0.4 is 10.5 Å². The number of ether oxygens (including phenoxy) is 2. The van der Waals surface area contributed by atoms with Crippen LogP contribution >= 0.6 is 0 Å². The Bertz CT molecular complexity index is 1410. The number of rotatable bonds is 3. The first-order valence-corrected chi connectivity index (χ1v) is 10.8. The van der Waals surface area contributed by atoms with Crippen molar-refractivity contribution in [3.8, 4) is 5.75 Å². The quantitative estimate of drug-likeness (QED) is 0.518. The number of hydrogen-bond donors (Lipinski definition) is 1. The maximum Gasteiger partial charge on any atom is 0.257 e. The minimum absolute atomic E-state index is 0.0419. The highest BCUT2D eigenvalue weighted by Gasteiger charge is 2.33. The highest BCUT2D eigenvalue weighted by molar-refractivity contribution is 5.98. The molecular weight excluding hydrogens is 425 g/mol. The number of aromatic nitrogens is 3. The second-order valence-corrected chi connectivity index (χ2v) is 8.57. The first-order valence-electron chi connectivity index (χ1n) is 10.8. The van der Waals surface area contributed by atoms with E-state index in [4.69, 9.17) is 15.2 Å². The lowest BCUT2D eigenvalue weighted by Crippen LogP contribution is -2.32. The Balaban J connectivity index is 1.34. The number of halogens is 1. The van der Waals surface area contributed by atoms with E-state index < -0.39 is 11.7 Å². The summed E-state index contributed by atoms with van der Waals surface area (Å²) in [5.74, 6) is 0.295. The van der Waals surface area contributed by atoms with Crippen LogP contribution in [0, 0.1) is 5.82 Å².